The number of aromatic nitrogens is 4. The fourth-order valence-electron chi connectivity index (χ4n) is 3.04. The molecular formula is C18H19N5O2. The lowest BCUT2D eigenvalue weighted by Gasteiger charge is -2.26. The fourth-order valence-corrected chi connectivity index (χ4v) is 3.04. The zero-order chi connectivity index (χ0) is 17.4. The predicted octanol–water partition coefficient (Wildman–Crippen LogP) is 1.98. The van der Waals surface area contributed by atoms with Gasteiger partial charge in [-0.15, -0.1) is 0 Å². The molecule has 0 fully saturated rings. The number of hydrogen-bond acceptors (Lipinski definition) is 5. The predicted molar refractivity (Wildman–Crippen MR) is 91.8 cm³/mol. The summed E-state index contributed by atoms with van der Waals surface area (Å²) in [5.74, 6) is 1.30. The number of carbonyl (C=O) groups is 1. The number of hydrogen-bond donors (Lipinski definition) is 1. The Balaban J connectivity index is 1.57. The normalized spacial score (nSPS) is 16.5. The van der Waals surface area contributed by atoms with Gasteiger partial charge in [-0.3, -0.25) is 4.79 Å². The summed E-state index contributed by atoms with van der Waals surface area (Å²) in [4.78, 5) is 21.1. The van der Waals surface area contributed by atoms with Crippen LogP contribution in [0.4, 0.5) is 0 Å². The molecule has 25 heavy (non-hydrogen) atoms. The molecule has 7 heteroatoms. The highest BCUT2D eigenvalue weighted by molar-refractivity contribution is 5.93. The average Bonchev–Trinajstić information content (AvgIpc) is 3.09. The second kappa shape index (κ2) is 6.16. The van der Waals surface area contributed by atoms with E-state index in [4.69, 9.17) is 4.74 Å². The van der Waals surface area contributed by atoms with Crippen LogP contribution in [0.5, 0.6) is 5.75 Å². The van der Waals surface area contributed by atoms with E-state index in [0.29, 0.717) is 18.1 Å². The molecule has 128 valence electrons. The lowest BCUT2D eigenvalue weighted by Crippen LogP contribution is -2.43. The maximum absolute atomic E-state index is 12.7. The summed E-state index contributed by atoms with van der Waals surface area (Å²) in [6.07, 6.45) is 2.19. The number of carbonyl (C=O) groups excluding carboxylic acids is 1. The van der Waals surface area contributed by atoms with E-state index in [1.54, 1.807) is 10.6 Å². The van der Waals surface area contributed by atoms with Gasteiger partial charge >= 0.3 is 0 Å². The number of amides is 1. The van der Waals surface area contributed by atoms with Crippen LogP contribution in [-0.2, 0) is 6.42 Å². The summed E-state index contributed by atoms with van der Waals surface area (Å²) in [6.45, 7) is 4.54. The van der Waals surface area contributed by atoms with Gasteiger partial charge in [0.1, 0.15) is 24.4 Å². The zero-order valence-electron chi connectivity index (χ0n) is 14.1. The Hall–Kier alpha value is -2.96. The van der Waals surface area contributed by atoms with Gasteiger partial charge < -0.3 is 10.1 Å². The summed E-state index contributed by atoms with van der Waals surface area (Å²) in [6, 6.07) is 9.58. The molecule has 1 aromatic carbocycles. The number of fused-ring (bicyclic) bond motifs is 2. The molecule has 0 saturated heterocycles. The van der Waals surface area contributed by atoms with Crippen molar-refractivity contribution in [3.63, 3.8) is 0 Å². The van der Waals surface area contributed by atoms with Crippen LogP contribution in [0.25, 0.3) is 5.78 Å². The minimum absolute atomic E-state index is 0.0826. The van der Waals surface area contributed by atoms with Crippen LogP contribution < -0.4 is 10.1 Å². The lowest BCUT2D eigenvalue weighted by molar-refractivity contribution is 0.0910. The van der Waals surface area contributed by atoms with Gasteiger partial charge in [-0.05, 0) is 30.0 Å². The topological polar surface area (TPSA) is 81.4 Å². The Morgan fingerprint density at radius 1 is 1.36 bits per heavy atom. The van der Waals surface area contributed by atoms with Gasteiger partial charge in [-0.1, -0.05) is 32.0 Å². The minimum atomic E-state index is -0.222. The molecule has 3 heterocycles. The third kappa shape index (κ3) is 2.93. The third-order valence-corrected chi connectivity index (χ3v) is 4.32. The Kier molecular flexibility index (Phi) is 3.83. The van der Waals surface area contributed by atoms with Crippen molar-refractivity contribution in [1.29, 1.82) is 0 Å². The SMILES string of the molecule is CC(C)c1cc(C(=O)N[C@H]2COc3ccccc3C2)nc2ncnn12. The first kappa shape index (κ1) is 15.6. The van der Waals surface area contributed by atoms with Crippen molar-refractivity contribution in [3.8, 4) is 5.75 Å². The number of ether oxygens (including phenoxy) is 1. The number of nitrogens with one attached hydrogen (secondary N) is 1. The van der Waals surface area contributed by atoms with E-state index < -0.39 is 0 Å². The second-order valence-corrected chi connectivity index (χ2v) is 6.49. The van der Waals surface area contributed by atoms with Gasteiger partial charge in [0.15, 0.2) is 0 Å². The van der Waals surface area contributed by atoms with E-state index in [0.717, 1.165) is 23.4 Å². The van der Waals surface area contributed by atoms with E-state index in [1.807, 2.05) is 38.1 Å². The first-order valence-electron chi connectivity index (χ1n) is 8.34. The summed E-state index contributed by atoms with van der Waals surface area (Å²) < 4.78 is 7.40. The first-order valence-corrected chi connectivity index (χ1v) is 8.34. The van der Waals surface area contributed by atoms with E-state index >= 15 is 0 Å². The van der Waals surface area contributed by atoms with Gasteiger partial charge in [-0.2, -0.15) is 10.1 Å². The van der Waals surface area contributed by atoms with Crippen molar-refractivity contribution in [1.82, 2.24) is 24.9 Å². The number of nitrogens with zero attached hydrogens (tertiary/aromatic N) is 4. The van der Waals surface area contributed by atoms with E-state index in [-0.39, 0.29) is 17.9 Å². The van der Waals surface area contributed by atoms with Crippen LogP contribution in [0.2, 0.25) is 0 Å². The minimum Gasteiger partial charge on any atom is -0.491 e. The van der Waals surface area contributed by atoms with Crippen LogP contribution in [0.1, 0.15) is 41.5 Å². The molecule has 1 aliphatic rings. The average molecular weight is 337 g/mol. The monoisotopic (exact) mass is 337 g/mol. The fraction of sp³-hybridized carbons (Fsp3) is 0.333. The van der Waals surface area contributed by atoms with Crippen molar-refractivity contribution >= 4 is 11.7 Å². The summed E-state index contributed by atoms with van der Waals surface area (Å²) in [7, 11) is 0. The van der Waals surface area contributed by atoms with Crippen LogP contribution in [-0.4, -0.2) is 38.1 Å². The molecule has 1 atom stereocenters. The van der Waals surface area contributed by atoms with Crippen molar-refractivity contribution in [2.75, 3.05) is 6.61 Å². The van der Waals surface area contributed by atoms with Gasteiger partial charge in [0.2, 0.25) is 0 Å². The van der Waals surface area contributed by atoms with Gasteiger partial charge in [0.05, 0.1) is 11.7 Å². The number of para-hydroxylation sites is 1. The summed E-state index contributed by atoms with van der Waals surface area (Å²) in [5, 5.41) is 7.19. The summed E-state index contributed by atoms with van der Waals surface area (Å²) >= 11 is 0. The summed E-state index contributed by atoms with van der Waals surface area (Å²) in [5.41, 5.74) is 2.35. The van der Waals surface area contributed by atoms with Gasteiger partial charge in [-0.25, -0.2) is 9.50 Å². The van der Waals surface area contributed by atoms with Crippen LogP contribution in [0.3, 0.4) is 0 Å². The Labute approximate surface area is 145 Å². The molecule has 0 unspecified atom stereocenters. The smallest absolute Gasteiger partial charge is 0.270 e. The second-order valence-electron chi connectivity index (χ2n) is 6.49. The molecule has 2 aromatic heterocycles. The zero-order valence-corrected chi connectivity index (χ0v) is 14.1. The van der Waals surface area contributed by atoms with E-state index in [9.17, 15) is 4.79 Å². The third-order valence-electron chi connectivity index (χ3n) is 4.32. The highest BCUT2D eigenvalue weighted by Crippen LogP contribution is 2.24. The maximum atomic E-state index is 12.7. The Morgan fingerprint density at radius 2 is 2.20 bits per heavy atom. The molecule has 0 saturated carbocycles. The van der Waals surface area contributed by atoms with Crippen molar-refractivity contribution in [2.24, 2.45) is 0 Å². The Bertz CT molecular complexity index is 934. The van der Waals surface area contributed by atoms with Crippen molar-refractivity contribution in [3.05, 3.63) is 53.6 Å². The van der Waals surface area contributed by atoms with Crippen molar-refractivity contribution < 1.29 is 9.53 Å². The molecular weight excluding hydrogens is 318 g/mol. The van der Waals surface area contributed by atoms with Crippen LogP contribution in [0, 0.1) is 0 Å². The van der Waals surface area contributed by atoms with Crippen LogP contribution in [0.15, 0.2) is 36.7 Å². The maximum Gasteiger partial charge on any atom is 0.270 e. The standard InChI is InChI=1S/C18H19N5O2/c1-11(2)15-8-14(22-18-19-10-20-23(15)18)17(24)21-13-7-12-5-3-4-6-16(12)25-9-13/h3-6,8,10-11,13H,7,9H2,1-2H3,(H,21,24)/t13-/m1/s1. The number of rotatable bonds is 3. The largest absolute Gasteiger partial charge is 0.491 e. The molecule has 1 N–H and O–H groups in total. The van der Waals surface area contributed by atoms with Crippen LogP contribution >= 0.6 is 0 Å². The highest BCUT2D eigenvalue weighted by atomic mass is 16.5. The molecule has 3 aromatic rings. The molecule has 7 nitrogen and oxygen atoms in total. The molecule has 1 amide bonds. The quantitative estimate of drug-likeness (QED) is 0.790. The van der Waals surface area contributed by atoms with E-state index in [1.165, 1.54) is 6.33 Å². The molecule has 1 aliphatic heterocycles. The van der Waals surface area contributed by atoms with Gasteiger partial charge in [0.25, 0.3) is 11.7 Å². The van der Waals surface area contributed by atoms with Gasteiger partial charge in [0, 0.05) is 0 Å². The first-order chi connectivity index (χ1) is 12.1. The van der Waals surface area contributed by atoms with E-state index in [2.05, 4.69) is 20.4 Å². The molecule has 0 spiro atoms. The Morgan fingerprint density at radius 3 is 3.04 bits per heavy atom. The molecule has 0 aliphatic carbocycles. The molecule has 0 bridgehead atoms. The lowest BCUT2D eigenvalue weighted by atomic mass is 10.0. The molecule has 4 rings (SSSR count). The molecule has 0 radical (unpaired) electrons. The highest BCUT2D eigenvalue weighted by Gasteiger charge is 2.23. The van der Waals surface area contributed by atoms with Crippen molar-refractivity contribution in [2.45, 2.75) is 32.2 Å². The number of benzene rings is 1.